The van der Waals surface area contributed by atoms with Crippen LogP contribution in [0.3, 0.4) is 0 Å². The Bertz CT molecular complexity index is 145. The summed E-state index contributed by atoms with van der Waals surface area (Å²) in [5, 5.41) is 0. The van der Waals surface area contributed by atoms with Crippen molar-refractivity contribution in [1.29, 1.82) is 0 Å². The van der Waals surface area contributed by atoms with Crippen LogP contribution < -0.4 is 16.9 Å². The molecule has 1 saturated carbocycles. The Morgan fingerprint density at radius 3 is 2.73 bits per heavy atom. The third-order valence-electron chi connectivity index (χ3n) is 1.64. The molecule has 1 aliphatic carbocycles. The first-order chi connectivity index (χ1) is 5.18. The maximum atomic E-state index is 10.2. The molecule has 11 heavy (non-hydrogen) atoms. The fraction of sp³-hybridized carbons (Fsp3) is 0.833. The average Bonchev–Trinajstić information content (AvgIpc) is 1.83. The smallest absolute Gasteiger partial charge is 0.245 e. The van der Waals surface area contributed by atoms with Crippen LogP contribution in [0.5, 0.6) is 0 Å². The number of rotatable bonds is 4. The van der Waals surface area contributed by atoms with Crippen LogP contribution >= 0.6 is 0 Å². The molecule has 0 spiro atoms. The number of amides is 1. The first-order valence-electron chi connectivity index (χ1n) is 3.59. The highest BCUT2D eigenvalue weighted by Gasteiger charge is 2.25. The van der Waals surface area contributed by atoms with Gasteiger partial charge < -0.3 is 11.5 Å². The number of carbonyl (C=O) groups is 1. The Labute approximate surface area is 65.0 Å². The van der Waals surface area contributed by atoms with Crippen molar-refractivity contribution in [3.05, 3.63) is 0 Å². The molecule has 0 aromatic rings. The first-order valence-corrected chi connectivity index (χ1v) is 3.59. The lowest BCUT2D eigenvalue weighted by atomic mass is 9.88. The fourth-order valence-corrected chi connectivity index (χ4v) is 0.989. The van der Waals surface area contributed by atoms with Gasteiger partial charge in [-0.15, -0.1) is 0 Å². The SMILES string of the molecule is NC(=O)CONC1CC(N)C1. The molecule has 1 rings (SSSR count). The predicted octanol–water partition coefficient (Wildman–Crippen LogP) is -1.52. The summed E-state index contributed by atoms with van der Waals surface area (Å²) in [6.45, 7) is -0.0776. The molecule has 1 fully saturated rings. The normalized spacial score (nSPS) is 29.5. The monoisotopic (exact) mass is 159 g/mol. The van der Waals surface area contributed by atoms with Crippen LogP contribution in [0.15, 0.2) is 0 Å². The highest BCUT2D eigenvalue weighted by Crippen LogP contribution is 2.16. The maximum Gasteiger partial charge on any atom is 0.245 e. The lowest BCUT2D eigenvalue weighted by Gasteiger charge is -2.32. The lowest BCUT2D eigenvalue weighted by molar-refractivity contribution is -0.126. The van der Waals surface area contributed by atoms with E-state index in [2.05, 4.69) is 5.48 Å². The van der Waals surface area contributed by atoms with Crippen LogP contribution in [-0.2, 0) is 9.63 Å². The zero-order chi connectivity index (χ0) is 8.27. The second-order valence-corrected chi connectivity index (χ2v) is 2.80. The Morgan fingerprint density at radius 2 is 2.27 bits per heavy atom. The van der Waals surface area contributed by atoms with E-state index in [9.17, 15) is 4.79 Å². The zero-order valence-electron chi connectivity index (χ0n) is 6.25. The molecule has 5 N–H and O–H groups in total. The summed E-state index contributed by atoms with van der Waals surface area (Å²) in [6, 6.07) is 0.578. The van der Waals surface area contributed by atoms with Crippen LogP contribution in [0.2, 0.25) is 0 Å². The van der Waals surface area contributed by atoms with Crippen LogP contribution in [0.4, 0.5) is 0 Å². The summed E-state index contributed by atoms with van der Waals surface area (Å²) in [5.74, 6) is -0.471. The predicted molar refractivity (Wildman–Crippen MR) is 39.3 cm³/mol. The molecule has 0 radical (unpaired) electrons. The third-order valence-corrected chi connectivity index (χ3v) is 1.64. The van der Waals surface area contributed by atoms with E-state index >= 15 is 0 Å². The van der Waals surface area contributed by atoms with E-state index in [4.69, 9.17) is 16.3 Å². The van der Waals surface area contributed by atoms with E-state index in [0.29, 0.717) is 6.04 Å². The van der Waals surface area contributed by atoms with Crippen molar-refractivity contribution in [3.63, 3.8) is 0 Å². The average molecular weight is 159 g/mol. The lowest BCUT2D eigenvalue weighted by Crippen LogP contribution is -2.48. The van der Waals surface area contributed by atoms with E-state index < -0.39 is 5.91 Å². The molecule has 1 amide bonds. The number of hydrogen-bond acceptors (Lipinski definition) is 4. The minimum atomic E-state index is -0.471. The number of carbonyl (C=O) groups excluding carboxylic acids is 1. The van der Waals surface area contributed by atoms with Crippen molar-refractivity contribution >= 4 is 5.91 Å². The summed E-state index contributed by atoms with van der Waals surface area (Å²) in [5.41, 5.74) is 13.1. The van der Waals surface area contributed by atoms with Crippen molar-refractivity contribution < 1.29 is 9.63 Å². The molecule has 0 bridgehead atoms. The third kappa shape index (κ3) is 2.83. The highest BCUT2D eigenvalue weighted by atomic mass is 16.6. The van der Waals surface area contributed by atoms with Gasteiger partial charge in [-0.05, 0) is 12.8 Å². The van der Waals surface area contributed by atoms with Crippen LogP contribution in [0, 0.1) is 0 Å². The summed E-state index contributed by atoms with van der Waals surface area (Å²) < 4.78 is 0. The van der Waals surface area contributed by atoms with Gasteiger partial charge in [0.15, 0.2) is 0 Å². The fourth-order valence-electron chi connectivity index (χ4n) is 0.989. The van der Waals surface area contributed by atoms with E-state index in [0.717, 1.165) is 12.8 Å². The van der Waals surface area contributed by atoms with Gasteiger partial charge in [0.2, 0.25) is 5.91 Å². The highest BCUT2D eigenvalue weighted by molar-refractivity contribution is 5.74. The van der Waals surface area contributed by atoms with Crippen LogP contribution in [-0.4, -0.2) is 24.6 Å². The Kier molecular flexibility index (Phi) is 2.81. The summed E-state index contributed by atoms with van der Waals surface area (Å²) in [6.07, 6.45) is 1.80. The van der Waals surface area contributed by atoms with Gasteiger partial charge in [0.05, 0.1) is 0 Å². The van der Waals surface area contributed by atoms with Crippen LogP contribution in [0.25, 0.3) is 0 Å². The first kappa shape index (κ1) is 8.45. The maximum absolute atomic E-state index is 10.2. The molecule has 0 heterocycles. The molecule has 0 saturated heterocycles. The number of nitrogens with one attached hydrogen (secondary N) is 1. The Hall–Kier alpha value is -0.650. The zero-order valence-corrected chi connectivity index (χ0v) is 6.25. The summed E-state index contributed by atoms with van der Waals surface area (Å²) >= 11 is 0. The number of hydroxylamine groups is 1. The number of hydrogen-bond donors (Lipinski definition) is 3. The number of nitrogens with two attached hydrogens (primary N) is 2. The largest absolute Gasteiger partial charge is 0.368 e. The quantitative estimate of drug-likeness (QED) is 0.435. The second kappa shape index (κ2) is 3.66. The molecule has 0 unspecified atom stereocenters. The van der Waals surface area contributed by atoms with Gasteiger partial charge in [-0.1, -0.05) is 0 Å². The van der Waals surface area contributed by atoms with Gasteiger partial charge in [0.25, 0.3) is 0 Å². The second-order valence-electron chi connectivity index (χ2n) is 2.80. The van der Waals surface area contributed by atoms with Gasteiger partial charge in [0.1, 0.15) is 6.61 Å². The minimum absolute atomic E-state index is 0.0776. The molecule has 0 aromatic carbocycles. The molecule has 64 valence electrons. The molecule has 5 heteroatoms. The molecule has 0 atom stereocenters. The Morgan fingerprint density at radius 1 is 1.64 bits per heavy atom. The molecule has 0 aromatic heterocycles. The van der Waals surface area contributed by atoms with Crippen molar-refractivity contribution in [3.8, 4) is 0 Å². The standard InChI is InChI=1S/C6H13N3O2/c7-4-1-5(2-4)9-11-3-6(8)10/h4-5,9H,1-3,7H2,(H2,8,10). The van der Waals surface area contributed by atoms with Gasteiger partial charge in [0, 0.05) is 12.1 Å². The van der Waals surface area contributed by atoms with E-state index in [1.807, 2.05) is 0 Å². The minimum Gasteiger partial charge on any atom is -0.368 e. The van der Waals surface area contributed by atoms with Gasteiger partial charge in [-0.3, -0.25) is 9.63 Å². The van der Waals surface area contributed by atoms with E-state index in [-0.39, 0.29) is 12.6 Å². The summed E-state index contributed by atoms with van der Waals surface area (Å²) in [4.78, 5) is 15.0. The molecular formula is C6H13N3O2. The van der Waals surface area contributed by atoms with E-state index in [1.54, 1.807) is 0 Å². The van der Waals surface area contributed by atoms with Crippen molar-refractivity contribution in [2.75, 3.05) is 6.61 Å². The van der Waals surface area contributed by atoms with Gasteiger partial charge in [-0.2, -0.15) is 5.48 Å². The topological polar surface area (TPSA) is 90.4 Å². The van der Waals surface area contributed by atoms with Crippen molar-refractivity contribution in [2.45, 2.75) is 24.9 Å². The molecule has 0 aliphatic heterocycles. The van der Waals surface area contributed by atoms with Crippen molar-refractivity contribution in [2.24, 2.45) is 11.5 Å². The Balaban J connectivity index is 1.92. The van der Waals surface area contributed by atoms with Crippen LogP contribution in [0.1, 0.15) is 12.8 Å². The van der Waals surface area contributed by atoms with Gasteiger partial charge in [-0.25, -0.2) is 0 Å². The summed E-state index contributed by atoms with van der Waals surface area (Å²) in [7, 11) is 0. The molecular weight excluding hydrogens is 146 g/mol. The molecule has 5 nitrogen and oxygen atoms in total. The van der Waals surface area contributed by atoms with Gasteiger partial charge >= 0.3 is 0 Å². The van der Waals surface area contributed by atoms with E-state index in [1.165, 1.54) is 0 Å². The molecule has 1 aliphatic rings. The van der Waals surface area contributed by atoms with Crippen molar-refractivity contribution in [1.82, 2.24) is 5.48 Å². The number of primary amides is 1.